The molecule has 2 fully saturated rings. The van der Waals surface area contributed by atoms with Gasteiger partial charge in [0.1, 0.15) is 0 Å². The summed E-state index contributed by atoms with van der Waals surface area (Å²) in [6.45, 7) is 20.9. The second-order valence-electron chi connectivity index (χ2n) is 8.55. The Balaban J connectivity index is 1.56. The van der Waals surface area contributed by atoms with E-state index in [0.717, 1.165) is 18.0 Å². The number of piperazine rings is 2. The van der Waals surface area contributed by atoms with Gasteiger partial charge in [-0.3, -0.25) is 9.80 Å². The summed E-state index contributed by atoms with van der Waals surface area (Å²) >= 11 is 0. The van der Waals surface area contributed by atoms with E-state index in [9.17, 15) is 0 Å². The van der Waals surface area contributed by atoms with Gasteiger partial charge in [0.2, 0.25) is 0 Å². The van der Waals surface area contributed by atoms with Gasteiger partial charge in [-0.2, -0.15) is 0 Å². The van der Waals surface area contributed by atoms with Crippen LogP contribution < -0.4 is 0 Å². The minimum absolute atomic E-state index is 0.728. The molecule has 2 rings (SSSR count). The van der Waals surface area contributed by atoms with Crippen molar-refractivity contribution in [3.63, 3.8) is 0 Å². The molecule has 2 heterocycles. The molecule has 0 bridgehead atoms. The van der Waals surface area contributed by atoms with Crippen LogP contribution in [0.1, 0.15) is 47.0 Å². The lowest BCUT2D eigenvalue weighted by Gasteiger charge is -2.41. The number of rotatable bonds is 8. The molecule has 4 heteroatoms. The third-order valence-electron chi connectivity index (χ3n) is 6.46. The van der Waals surface area contributed by atoms with E-state index in [2.05, 4.69) is 54.3 Å². The molecule has 4 nitrogen and oxygen atoms in total. The van der Waals surface area contributed by atoms with Crippen molar-refractivity contribution in [1.29, 1.82) is 0 Å². The van der Waals surface area contributed by atoms with E-state index in [0.29, 0.717) is 0 Å². The van der Waals surface area contributed by atoms with Gasteiger partial charge in [0.25, 0.3) is 0 Å². The second kappa shape index (κ2) is 10.1. The first-order valence-corrected chi connectivity index (χ1v) is 10.4. The molecule has 0 amide bonds. The Morgan fingerprint density at radius 1 is 0.708 bits per heavy atom. The van der Waals surface area contributed by atoms with E-state index in [1.165, 1.54) is 78.2 Å². The molecule has 0 saturated carbocycles. The van der Waals surface area contributed by atoms with Crippen molar-refractivity contribution in [1.82, 2.24) is 19.6 Å². The summed E-state index contributed by atoms with van der Waals surface area (Å²) < 4.78 is 0. The van der Waals surface area contributed by atoms with Crippen molar-refractivity contribution >= 4 is 0 Å². The number of unbranched alkanes of at least 4 members (excludes halogenated alkanes) is 1. The number of likely N-dealkylation sites (N-methyl/N-ethyl adjacent to an activating group) is 1. The van der Waals surface area contributed by atoms with Crippen molar-refractivity contribution in [2.75, 3.05) is 66.0 Å². The first-order valence-electron chi connectivity index (χ1n) is 10.4. The van der Waals surface area contributed by atoms with Gasteiger partial charge in [0.15, 0.2) is 0 Å². The first kappa shape index (κ1) is 20.2. The highest BCUT2D eigenvalue weighted by atomic mass is 15.3. The van der Waals surface area contributed by atoms with E-state index in [1.54, 1.807) is 0 Å². The monoisotopic (exact) mass is 338 g/mol. The van der Waals surface area contributed by atoms with Gasteiger partial charge in [-0.25, -0.2) is 0 Å². The second-order valence-corrected chi connectivity index (χ2v) is 8.55. The fourth-order valence-electron chi connectivity index (χ4n) is 4.04. The molecule has 0 N–H and O–H groups in total. The minimum atomic E-state index is 0.728. The molecular weight excluding hydrogens is 296 g/mol. The molecule has 0 aromatic carbocycles. The first-order chi connectivity index (χ1) is 11.5. The van der Waals surface area contributed by atoms with Gasteiger partial charge in [-0.1, -0.05) is 20.3 Å². The highest BCUT2D eigenvalue weighted by molar-refractivity contribution is 4.80. The van der Waals surface area contributed by atoms with E-state index in [1.807, 2.05) is 0 Å². The van der Waals surface area contributed by atoms with Crippen molar-refractivity contribution in [3.8, 4) is 0 Å². The Hall–Kier alpha value is -0.160. The Kier molecular flexibility index (Phi) is 8.48. The number of hydrogen-bond donors (Lipinski definition) is 0. The summed E-state index contributed by atoms with van der Waals surface area (Å²) in [7, 11) is 2.24. The molecule has 0 aromatic heterocycles. The van der Waals surface area contributed by atoms with Gasteiger partial charge in [0.05, 0.1) is 0 Å². The highest BCUT2D eigenvalue weighted by Crippen LogP contribution is 2.16. The third-order valence-corrected chi connectivity index (χ3v) is 6.46. The summed E-state index contributed by atoms with van der Waals surface area (Å²) in [5, 5.41) is 0. The maximum atomic E-state index is 2.72. The zero-order valence-electron chi connectivity index (χ0n) is 17.0. The lowest BCUT2D eigenvalue weighted by Crippen LogP contribution is -2.53. The van der Waals surface area contributed by atoms with E-state index >= 15 is 0 Å². The van der Waals surface area contributed by atoms with Crippen molar-refractivity contribution in [2.45, 2.75) is 59.0 Å². The van der Waals surface area contributed by atoms with Gasteiger partial charge in [0, 0.05) is 64.4 Å². The molecule has 0 aromatic rings. The van der Waals surface area contributed by atoms with Crippen LogP contribution in [-0.2, 0) is 0 Å². The van der Waals surface area contributed by atoms with E-state index in [-0.39, 0.29) is 0 Å². The van der Waals surface area contributed by atoms with Crippen LogP contribution in [0.2, 0.25) is 0 Å². The van der Waals surface area contributed by atoms with Crippen LogP contribution in [-0.4, -0.2) is 97.6 Å². The minimum Gasteiger partial charge on any atom is -0.304 e. The highest BCUT2D eigenvalue weighted by Gasteiger charge is 2.25. The molecule has 0 spiro atoms. The average Bonchev–Trinajstić information content (AvgIpc) is 2.59. The molecule has 24 heavy (non-hydrogen) atoms. The fourth-order valence-corrected chi connectivity index (χ4v) is 4.04. The molecule has 2 unspecified atom stereocenters. The number of hydrogen-bond acceptors (Lipinski definition) is 4. The zero-order chi connectivity index (χ0) is 17.5. The molecule has 142 valence electrons. The topological polar surface area (TPSA) is 13.0 Å². The van der Waals surface area contributed by atoms with Crippen LogP contribution >= 0.6 is 0 Å². The SMILES string of the molecule is CC(C)C(C)N1CCN(C(C)CCCCN2CCN(C)CC2)CC1. The van der Waals surface area contributed by atoms with Crippen molar-refractivity contribution in [2.24, 2.45) is 5.92 Å². The largest absolute Gasteiger partial charge is 0.304 e. The molecule has 2 aliphatic rings. The molecule has 2 aliphatic heterocycles. The Morgan fingerprint density at radius 2 is 1.29 bits per heavy atom. The van der Waals surface area contributed by atoms with Gasteiger partial charge in [-0.15, -0.1) is 0 Å². The van der Waals surface area contributed by atoms with Crippen LogP contribution in [0.4, 0.5) is 0 Å². The van der Waals surface area contributed by atoms with Crippen molar-refractivity contribution < 1.29 is 0 Å². The third kappa shape index (κ3) is 6.29. The van der Waals surface area contributed by atoms with Crippen LogP contribution in [0, 0.1) is 5.92 Å². The molecule has 2 atom stereocenters. The predicted octanol–water partition coefficient (Wildman–Crippen LogP) is 2.45. The van der Waals surface area contributed by atoms with Gasteiger partial charge in [-0.05, 0) is 46.2 Å². The number of nitrogens with zero attached hydrogens (tertiary/aromatic N) is 4. The average molecular weight is 339 g/mol. The standard InChI is InChI=1S/C20H42N4/c1-18(2)20(4)24-16-14-23(15-17-24)19(3)8-6-7-9-22-12-10-21(5)11-13-22/h18-20H,6-17H2,1-5H3. The zero-order valence-corrected chi connectivity index (χ0v) is 17.0. The molecule has 0 aliphatic carbocycles. The maximum absolute atomic E-state index is 2.72. The fraction of sp³-hybridized carbons (Fsp3) is 1.00. The maximum Gasteiger partial charge on any atom is 0.0113 e. The summed E-state index contributed by atoms with van der Waals surface area (Å²) in [6.07, 6.45) is 4.13. The van der Waals surface area contributed by atoms with E-state index in [4.69, 9.17) is 0 Å². The van der Waals surface area contributed by atoms with Crippen LogP contribution in [0.15, 0.2) is 0 Å². The van der Waals surface area contributed by atoms with Crippen LogP contribution in [0.3, 0.4) is 0 Å². The quantitative estimate of drug-likeness (QED) is 0.630. The Bertz CT molecular complexity index is 331. The molecule has 2 saturated heterocycles. The normalized spacial score (nSPS) is 25.2. The summed E-state index contributed by atoms with van der Waals surface area (Å²) in [5.41, 5.74) is 0. The van der Waals surface area contributed by atoms with E-state index < -0.39 is 0 Å². The lowest BCUT2D eigenvalue weighted by atomic mass is 10.0. The van der Waals surface area contributed by atoms with Crippen LogP contribution in [0.5, 0.6) is 0 Å². The smallest absolute Gasteiger partial charge is 0.0113 e. The summed E-state index contributed by atoms with van der Waals surface area (Å²) in [6, 6.07) is 1.49. The van der Waals surface area contributed by atoms with Crippen LogP contribution in [0.25, 0.3) is 0 Å². The van der Waals surface area contributed by atoms with Gasteiger partial charge >= 0.3 is 0 Å². The molecule has 0 radical (unpaired) electrons. The predicted molar refractivity (Wildman–Crippen MR) is 105 cm³/mol. The van der Waals surface area contributed by atoms with Gasteiger partial charge < -0.3 is 9.80 Å². The summed E-state index contributed by atoms with van der Waals surface area (Å²) in [5.74, 6) is 0.767. The summed E-state index contributed by atoms with van der Waals surface area (Å²) in [4.78, 5) is 10.5. The Morgan fingerprint density at radius 3 is 1.88 bits per heavy atom. The lowest BCUT2D eigenvalue weighted by molar-refractivity contribution is 0.0613. The van der Waals surface area contributed by atoms with Crippen molar-refractivity contribution in [3.05, 3.63) is 0 Å². The molecular formula is C20H42N4. The Labute approximate surface area is 151 Å².